The third kappa shape index (κ3) is 3.05. The molecule has 0 saturated carbocycles. The average Bonchev–Trinajstić information content (AvgIpc) is 2.27. The van der Waals surface area contributed by atoms with Crippen LogP contribution in [-0.2, 0) is 6.54 Å². The maximum Gasteiger partial charge on any atom is 0.133 e. The molecule has 0 aromatic heterocycles. The molecule has 0 aliphatic heterocycles. The monoisotopic (exact) mass is 313 g/mol. The lowest BCUT2D eigenvalue weighted by atomic mass is 10.2. The van der Waals surface area contributed by atoms with Gasteiger partial charge >= 0.3 is 0 Å². The molecule has 0 fully saturated rings. The van der Waals surface area contributed by atoms with Crippen LogP contribution in [0.4, 0.5) is 8.78 Å². The van der Waals surface area contributed by atoms with Crippen LogP contribution >= 0.6 is 15.9 Å². The highest BCUT2D eigenvalue weighted by Crippen LogP contribution is 2.29. The normalized spacial score (nSPS) is 10.4. The first-order chi connectivity index (χ1) is 8.58. The standard InChI is InChI=1S/C13H10BrF2NO/c14-9-2-1-8(7-17)13(3-9)18-12-5-10(15)4-11(16)6-12/h1-6H,7,17H2. The molecule has 18 heavy (non-hydrogen) atoms. The molecule has 0 aliphatic rings. The minimum Gasteiger partial charge on any atom is -0.457 e. The van der Waals surface area contributed by atoms with Crippen molar-refractivity contribution in [3.05, 3.63) is 58.1 Å². The lowest BCUT2D eigenvalue weighted by molar-refractivity contribution is 0.463. The Balaban J connectivity index is 2.35. The first kappa shape index (κ1) is 13.0. The minimum atomic E-state index is -0.686. The van der Waals surface area contributed by atoms with Crippen LogP contribution in [0.25, 0.3) is 0 Å². The van der Waals surface area contributed by atoms with Gasteiger partial charge in [0.2, 0.25) is 0 Å². The fourth-order valence-corrected chi connectivity index (χ4v) is 1.85. The maximum absolute atomic E-state index is 13.0. The van der Waals surface area contributed by atoms with Gasteiger partial charge in [0, 0.05) is 34.8 Å². The highest BCUT2D eigenvalue weighted by Gasteiger charge is 2.07. The lowest BCUT2D eigenvalue weighted by Crippen LogP contribution is -1.99. The van der Waals surface area contributed by atoms with E-state index in [4.69, 9.17) is 10.5 Å². The van der Waals surface area contributed by atoms with E-state index < -0.39 is 11.6 Å². The molecular weight excluding hydrogens is 304 g/mol. The van der Waals surface area contributed by atoms with Gasteiger partial charge in [-0.2, -0.15) is 0 Å². The van der Waals surface area contributed by atoms with Crippen molar-refractivity contribution < 1.29 is 13.5 Å². The Morgan fingerprint density at radius 2 is 1.72 bits per heavy atom. The van der Waals surface area contributed by atoms with Gasteiger partial charge in [-0.3, -0.25) is 0 Å². The van der Waals surface area contributed by atoms with Crippen molar-refractivity contribution in [2.75, 3.05) is 0 Å². The Hall–Kier alpha value is -1.46. The Kier molecular flexibility index (Phi) is 3.93. The zero-order valence-electron chi connectivity index (χ0n) is 9.29. The average molecular weight is 314 g/mol. The first-order valence-electron chi connectivity index (χ1n) is 5.21. The summed E-state index contributed by atoms with van der Waals surface area (Å²) in [6.45, 7) is 0.278. The number of rotatable bonds is 3. The van der Waals surface area contributed by atoms with Crippen LogP contribution in [0.3, 0.4) is 0 Å². The Labute approximate surface area is 112 Å². The zero-order chi connectivity index (χ0) is 13.1. The van der Waals surface area contributed by atoms with E-state index in [-0.39, 0.29) is 12.3 Å². The number of ether oxygens (including phenoxy) is 1. The molecule has 0 saturated heterocycles. The van der Waals surface area contributed by atoms with Gasteiger partial charge in [0.25, 0.3) is 0 Å². The zero-order valence-corrected chi connectivity index (χ0v) is 10.9. The third-order valence-electron chi connectivity index (χ3n) is 2.31. The summed E-state index contributed by atoms with van der Waals surface area (Å²) >= 11 is 3.30. The molecule has 0 spiro atoms. The molecule has 0 unspecified atom stereocenters. The first-order valence-corrected chi connectivity index (χ1v) is 6.00. The maximum atomic E-state index is 13.0. The molecule has 0 bridgehead atoms. The van der Waals surface area contributed by atoms with E-state index in [1.54, 1.807) is 12.1 Å². The van der Waals surface area contributed by atoms with E-state index in [1.807, 2.05) is 6.07 Å². The Bertz CT molecular complexity index is 555. The Morgan fingerprint density at radius 1 is 1.06 bits per heavy atom. The summed E-state index contributed by atoms with van der Waals surface area (Å²) < 4.78 is 32.3. The molecule has 0 radical (unpaired) electrons. The number of hydrogen-bond acceptors (Lipinski definition) is 2. The van der Waals surface area contributed by atoms with Gasteiger partial charge in [-0.25, -0.2) is 8.78 Å². The molecule has 2 nitrogen and oxygen atoms in total. The molecule has 0 aliphatic carbocycles. The highest BCUT2D eigenvalue weighted by molar-refractivity contribution is 9.10. The number of halogens is 3. The quantitative estimate of drug-likeness (QED) is 0.930. The van der Waals surface area contributed by atoms with Crippen molar-refractivity contribution in [2.45, 2.75) is 6.54 Å². The third-order valence-corrected chi connectivity index (χ3v) is 2.81. The molecule has 0 heterocycles. The largest absolute Gasteiger partial charge is 0.457 e. The predicted octanol–water partition coefficient (Wildman–Crippen LogP) is 3.98. The van der Waals surface area contributed by atoms with Crippen LogP contribution < -0.4 is 10.5 Å². The summed E-state index contributed by atoms with van der Waals surface area (Å²) in [4.78, 5) is 0. The van der Waals surface area contributed by atoms with Crippen LogP contribution in [0, 0.1) is 11.6 Å². The summed E-state index contributed by atoms with van der Waals surface area (Å²) in [5.74, 6) is -0.805. The highest BCUT2D eigenvalue weighted by atomic mass is 79.9. The van der Waals surface area contributed by atoms with Crippen LogP contribution in [-0.4, -0.2) is 0 Å². The topological polar surface area (TPSA) is 35.2 Å². The van der Waals surface area contributed by atoms with Crippen molar-refractivity contribution >= 4 is 15.9 Å². The summed E-state index contributed by atoms with van der Waals surface area (Å²) in [7, 11) is 0. The smallest absolute Gasteiger partial charge is 0.133 e. The van der Waals surface area contributed by atoms with Gasteiger partial charge in [-0.15, -0.1) is 0 Å². The molecule has 2 N–H and O–H groups in total. The molecule has 0 atom stereocenters. The minimum absolute atomic E-state index is 0.0975. The van der Waals surface area contributed by atoms with Crippen molar-refractivity contribution in [3.63, 3.8) is 0 Å². The number of benzene rings is 2. The van der Waals surface area contributed by atoms with Gasteiger partial charge in [-0.1, -0.05) is 22.0 Å². The van der Waals surface area contributed by atoms with Crippen molar-refractivity contribution in [1.82, 2.24) is 0 Å². The van der Waals surface area contributed by atoms with E-state index >= 15 is 0 Å². The number of nitrogens with two attached hydrogens (primary N) is 1. The summed E-state index contributed by atoms with van der Waals surface area (Å²) in [5, 5.41) is 0. The predicted molar refractivity (Wildman–Crippen MR) is 68.5 cm³/mol. The van der Waals surface area contributed by atoms with Crippen LogP contribution in [0.5, 0.6) is 11.5 Å². The van der Waals surface area contributed by atoms with Crippen molar-refractivity contribution in [3.8, 4) is 11.5 Å². The van der Waals surface area contributed by atoms with Gasteiger partial charge in [-0.05, 0) is 12.1 Å². The molecule has 2 aromatic carbocycles. The molecule has 0 amide bonds. The van der Waals surface area contributed by atoms with E-state index in [9.17, 15) is 8.78 Å². The van der Waals surface area contributed by atoms with Gasteiger partial charge < -0.3 is 10.5 Å². The Morgan fingerprint density at radius 3 is 2.33 bits per heavy atom. The summed E-state index contributed by atoms with van der Waals surface area (Å²) in [5.41, 5.74) is 6.32. The molecule has 2 rings (SSSR count). The molecule has 2 aromatic rings. The second kappa shape index (κ2) is 5.46. The van der Waals surface area contributed by atoms with Crippen molar-refractivity contribution in [1.29, 1.82) is 0 Å². The van der Waals surface area contributed by atoms with Crippen LogP contribution in [0.15, 0.2) is 40.9 Å². The summed E-state index contributed by atoms with van der Waals surface area (Å²) in [6.07, 6.45) is 0. The fourth-order valence-electron chi connectivity index (χ4n) is 1.51. The van der Waals surface area contributed by atoms with Crippen molar-refractivity contribution in [2.24, 2.45) is 5.73 Å². The van der Waals surface area contributed by atoms with E-state index in [0.29, 0.717) is 5.75 Å². The molecular formula is C13H10BrF2NO. The summed E-state index contributed by atoms with van der Waals surface area (Å²) in [6, 6.07) is 8.33. The van der Waals surface area contributed by atoms with Gasteiger partial charge in [0.05, 0.1) is 0 Å². The van der Waals surface area contributed by atoms with E-state index in [0.717, 1.165) is 28.2 Å². The second-order valence-corrected chi connectivity index (χ2v) is 4.58. The van der Waals surface area contributed by atoms with Gasteiger partial charge in [0.1, 0.15) is 23.1 Å². The van der Waals surface area contributed by atoms with Crippen LogP contribution in [0.1, 0.15) is 5.56 Å². The lowest BCUT2D eigenvalue weighted by Gasteiger charge is -2.10. The molecule has 94 valence electrons. The SMILES string of the molecule is NCc1ccc(Br)cc1Oc1cc(F)cc(F)c1. The van der Waals surface area contributed by atoms with Crippen LogP contribution in [0.2, 0.25) is 0 Å². The fraction of sp³-hybridized carbons (Fsp3) is 0.0769. The second-order valence-electron chi connectivity index (χ2n) is 3.66. The van der Waals surface area contributed by atoms with E-state index in [1.165, 1.54) is 0 Å². The van der Waals surface area contributed by atoms with E-state index in [2.05, 4.69) is 15.9 Å². The molecule has 5 heteroatoms. The van der Waals surface area contributed by atoms with Gasteiger partial charge in [0.15, 0.2) is 0 Å². The number of hydrogen-bond donors (Lipinski definition) is 1.